The van der Waals surface area contributed by atoms with E-state index in [1.54, 1.807) is 24.3 Å². The van der Waals surface area contributed by atoms with Crippen LogP contribution in [0.2, 0.25) is 0 Å². The van der Waals surface area contributed by atoms with Crippen LogP contribution in [0.3, 0.4) is 0 Å². The molecule has 0 unspecified atom stereocenters. The summed E-state index contributed by atoms with van der Waals surface area (Å²) in [5.41, 5.74) is 0.480. The lowest BCUT2D eigenvalue weighted by Crippen LogP contribution is -2.38. The molecule has 1 saturated carbocycles. The smallest absolute Gasteiger partial charge is 0.306 e. The van der Waals surface area contributed by atoms with Crippen molar-refractivity contribution in [3.63, 3.8) is 0 Å². The van der Waals surface area contributed by atoms with Gasteiger partial charge in [-0.1, -0.05) is 12.1 Å². The molecule has 1 aromatic carbocycles. The molecule has 128 valence electrons. The molecule has 2 atom stereocenters. The number of ether oxygens (including phenoxy) is 1. The molecule has 1 heterocycles. The number of hydrogen-bond donors (Lipinski definition) is 0. The van der Waals surface area contributed by atoms with Gasteiger partial charge in [-0.3, -0.25) is 19.3 Å². The van der Waals surface area contributed by atoms with Crippen LogP contribution in [0.25, 0.3) is 0 Å². The van der Waals surface area contributed by atoms with E-state index in [0.717, 1.165) is 12.8 Å². The average molecular weight is 329 g/mol. The minimum Gasteiger partial charge on any atom is -0.460 e. The molecule has 0 saturated heterocycles. The second-order valence-corrected chi connectivity index (χ2v) is 7.65. The molecule has 1 aliphatic heterocycles. The monoisotopic (exact) mass is 329 g/mol. The molecule has 1 aromatic rings. The van der Waals surface area contributed by atoms with Gasteiger partial charge in [-0.25, -0.2) is 0 Å². The lowest BCUT2D eigenvalue weighted by molar-refractivity contribution is -0.155. The summed E-state index contributed by atoms with van der Waals surface area (Å²) < 4.78 is 5.37. The molecule has 0 aromatic heterocycles. The summed E-state index contributed by atoms with van der Waals surface area (Å²) in [4.78, 5) is 38.4. The first kappa shape index (κ1) is 16.7. The third kappa shape index (κ3) is 3.21. The summed E-state index contributed by atoms with van der Waals surface area (Å²) in [6.45, 7) is 5.55. The third-order valence-corrected chi connectivity index (χ3v) is 4.58. The van der Waals surface area contributed by atoms with Crippen molar-refractivity contribution in [2.45, 2.75) is 58.1 Å². The second kappa shape index (κ2) is 6.04. The molecule has 1 aliphatic carbocycles. The number of carbonyl (C=O) groups is 3. The van der Waals surface area contributed by atoms with E-state index in [4.69, 9.17) is 4.74 Å². The van der Waals surface area contributed by atoms with Crippen molar-refractivity contribution in [3.8, 4) is 0 Å². The highest BCUT2D eigenvalue weighted by Gasteiger charge is 2.42. The van der Waals surface area contributed by atoms with E-state index in [2.05, 4.69) is 0 Å². The Labute approximate surface area is 142 Å². The number of esters is 1. The molecule has 3 rings (SSSR count). The maximum absolute atomic E-state index is 12.5. The first-order chi connectivity index (χ1) is 11.3. The van der Waals surface area contributed by atoms with Gasteiger partial charge >= 0.3 is 5.97 Å². The minimum atomic E-state index is -0.488. The Morgan fingerprint density at radius 3 is 2.25 bits per heavy atom. The van der Waals surface area contributed by atoms with Gasteiger partial charge in [0.15, 0.2) is 0 Å². The van der Waals surface area contributed by atoms with Crippen LogP contribution >= 0.6 is 0 Å². The van der Waals surface area contributed by atoms with E-state index in [-0.39, 0.29) is 29.7 Å². The molecule has 1 fully saturated rings. The molecule has 0 N–H and O–H groups in total. The highest BCUT2D eigenvalue weighted by Crippen LogP contribution is 2.36. The van der Waals surface area contributed by atoms with Gasteiger partial charge in [-0.05, 0) is 58.1 Å². The molecule has 0 spiro atoms. The van der Waals surface area contributed by atoms with Crippen molar-refractivity contribution in [1.82, 2.24) is 4.90 Å². The molecular weight excluding hydrogens is 306 g/mol. The molecule has 5 nitrogen and oxygen atoms in total. The van der Waals surface area contributed by atoms with Gasteiger partial charge in [0.2, 0.25) is 0 Å². The highest BCUT2D eigenvalue weighted by molar-refractivity contribution is 6.21. The maximum atomic E-state index is 12.5. The topological polar surface area (TPSA) is 63.7 Å². The summed E-state index contributed by atoms with van der Waals surface area (Å²) in [6.07, 6.45) is 2.60. The van der Waals surface area contributed by atoms with Crippen LogP contribution < -0.4 is 0 Å². The SMILES string of the molecule is CC(C)(C)OC(=O)C[C@@H]1CC[C@@H](N2C(=O)c3ccccc3C2=O)C1. The lowest BCUT2D eigenvalue weighted by atomic mass is 10.0. The Morgan fingerprint density at radius 1 is 1.12 bits per heavy atom. The van der Waals surface area contributed by atoms with Gasteiger partial charge in [0.25, 0.3) is 11.8 Å². The van der Waals surface area contributed by atoms with Crippen LogP contribution in [-0.2, 0) is 9.53 Å². The van der Waals surface area contributed by atoms with Gasteiger partial charge in [0.1, 0.15) is 5.60 Å². The minimum absolute atomic E-state index is 0.121. The predicted molar refractivity (Wildman–Crippen MR) is 88.5 cm³/mol. The van der Waals surface area contributed by atoms with Gasteiger partial charge in [-0.2, -0.15) is 0 Å². The Kier molecular flexibility index (Phi) is 4.20. The normalized spacial score (nSPS) is 23.5. The van der Waals surface area contributed by atoms with Crippen LogP contribution in [0, 0.1) is 5.92 Å². The highest BCUT2D eigenvalue weighted by atomic mass is 16.6. The predicted octanol–water partition coefficient (Wildman–Crippen LogP) is 3.18. The van der Waals surface area contributed by atoms with E-state index in [1.165, 1.54) is 4.90 Å². The van der Waals surface area contributed by atoms with Gasteiger partial charge in [-0.15, -0.1) is 0 Å². The maximum Gasteiger partial charge on any atom is 0.306 e. The number of amides is 2. The van der Waals surface area contributed by atoms with Crippen LogP contribution in [0.5, 0.6) is 0 Å². The fourth-order valence-electron chi connectivity index (χ4n) is 3.63. The Morgan fingerprint density at radius 2 is 1.71 bits per heavy atom. The van der Waals surface area contributed by atoms with Gasteiger partial charge in [0, 0.05) is 12.5 Å². The number of imide groups is 1. The van der Waals surface area contributed by atoms with Crippen molar-refractivity contribution in [2.75, 3.05) is 0 Å². The van der Waals surface area contributed by atoms with E-state index >= 15 is 0 Å². The molecule has 2 amide bonds. The standard InChI is InChI=1S/C19H23NO4/c1-19(2,3)24-16(21)11-12-8-9-13(10-12)20-17(22)14-6-4-5-7-15(14)18(20)23/h4-7,12-13H,8-11H2,1-3H3/t12-,13-/m1/s1. The van der Waals surface area contributed by atoms with E-state index in [1.807, 2.05) is 20.8 Å². The zero-order chi connectivity index (χ0) is 17.5. The van der Waals surface area contributed by atoms with Gasteiger partial charge < -0.3 is 4.74 Å². The van der Waals surface area contributed by atoms with Crippen LogP contribution in [0.4, 0.5) is 0 Å². The molecule has 0 radical (unpaired) electrons. The van der Waals surface area contributed by atoms with Crippen molar-refractivity contribution >= 4 is 17.8 Å². The second-order valence-electron chi connectivity index (χ2n) is 7.65. The lowest BCUT2D eigenvalue weighted by Gasteiger charge is -2.23. The molecular formula is C19H23NO4. The van der Waals surface area contributed by atoms with Crippen molar-refractivity contribution in [1.29, 1.82) is 0 Å². The number of benzene rings is 1. The fourth-order valence-corrected chi connectivity index (χ4v) is 3.63. The van der Waals surface area contributed by atoms with E-state index in [9.17, 15) is 14.4 Å². The van der Waals surface area contributed by atoms with E-state index in [0.29, 0.717) is 24.0 Å². The third-order valence-electron chi connectivity index (χ3n) is 4.58. The summed E-state index contributed by atoms with van der Waals surface area (Å²) in [5, 5.41) is 0. The first-order valence-electron chi connectivity index (χ1n) is 8.45. The molecule has 0 bridgehead atoms. The Hall–Kier alpha value is -2.17. The Balaban J connectivity index is 1.64. The van der Waals surface area contributed by atoms with Crippen molar-refractivity contribution < 1.29 is 19.1 Å². The number of rotatable bonds is 3. The summed E-state index contributed by atoms with van der Waals surface area (Å²) in [6, 6.07) is 6.82. The zero-order valence-electron chi connectivity index (χ0n) is 14.4. The molecule has 24 heavy (non-hydrogen) atoms. The zero-order valence-corrected chi connectivity index (χ0v) is 14.4. The number of fused-ring (bicyclic) bond motifs is 1. The molecule has 5 heteroatoms. The number of hydrogen-bond acceptors (Lipinski definition) is 4. The number of nitrogens with zero attached hydrogens (tertiary/aromatic N) is 1. The Bertz CT molecular complexity index is 654. The quantitative estimate of drug-likeness (QED) is 0.631. The summed E-state index contributed by atoms with van der Waals surface area (Å²) >= 11 is 0. The summed E-state index contributed by atoms with van der Waals surface area (Å²) in [7, 11) is 0. The van der Waals surface area contributed by atoms with E-state index < -0.39 is 5.60 Å². The largest absolute Gasteiger partial charge is 0.460 e. The van der Waals surface area contributed by atoms with Crippen molar-refractivity contribution in [3.05, 3.63) is 35.4 Å². The van der Waals surface area contributed by atoms with Crippen molar-refractivity contribution in [2.24, 2.45) is 5.92 Å². The van der Waals surface area contributed by atoms with Gasteiger partial charge in [0.05, 0.1) is 11.1 Å². The number of carbonyl (C=O) groups excluding carboxylic acids is 3. The van der Waals surface area contributed by atoms with Crippen LogP contribution in [-0.4, -0.2) is 34.3 Å². The van der Waals surface area contributed by atoms with Crippen LogP contribution in [0.1, 0.15) is 67.2 Å². The summed E-state index contributed by atoms with van der Waals surface area (Å²) in [5.74, 6) is -0.471. The molecule has 2 aliphatic rings. The average Bonchev–Trinajstić information content (AvgIpc) is 3.01. The van der Waals surface area contributed by atoms with Crippen LogP contribution in [0.15, 0.2) is 24.3 Å². The first-order valence-corrected chi connectivity index (χ1v) is 8.45. The fraction of sp³-hybridized carbons (Fsp3) is 0.526.